The molecule has 1 aromatic heterocycles. The highest BCUT2D eigenvalue weighted by atomic mass is 16.4. The second kappa shape index (κ2) is 7.03. The molecule has 3 aromatic rings. The van der Waals surface area contributed by atoms with Crippen LogP contribution in [0.5, 0.6) is 0 Å². The van der Waals surface area contributed by atoms with Crippen molar-refractivity contribution in [3.8, 4) is 11.5 Å². The number of hydrogen-bond donors (Lipinski definition) is 0. The second-order valence-electron chi connectivity index (χ2n) is 6.97. The zero-order valence-corrected chi connectivity index (χ0v) is 16.1. The Hall–Kier alpha value is -3.28. The maximum absolute atomic E-state index is 13.3. The zero-order chi connectivity index (χ0) is 19.8. The fourth-order valence-corrected chi connectivity index (χ4v) is 3.66. The van der Waals surface area contributed by atoms with Crippen molar-refractivity contribution in [1.29, 1.82) is 0 Å². The molecule has 0 saturated carbocycles. The van der Waals surface area contributed by atoms with Crippen LogP contribution in [0.25, 0.3) is 11.5 Å². The number of carbonyl (C=O) groups is 2. The molecule has 4 rings (SSSR count). The van der Waals surface area contributed by atoms with Gasteiger partial charge in [-0.15, -0.1) is 10.2 Å². The summed E-state index contributed by atoms with van der Waals surface area (Å²) < 4.78 is 5.22. The Labute approximate surface area is 163 Å². The van der Waals surface area contributed by atoms with E-state index in [9.17, 15) is 9.59 Å². The Balaban J connectivity index is 1.85. The van der Waals surface area contributed by atoms with Crippen LogP contribution in [-0.4, -0.2) is 22.0 Å². The van der Waals surface area contributed by atoms with E-state index in [0.717, 1.165) is 29.7 Å². The van der Waals surface area contributed by atoms with Crippen molar-refractivity contribution >= 4 is 17.5 Å². The van der Waals surface area contributed by atoms with Crippen molar-refractivity contribution < 1.29 is 14.0 Å². The normalized spacial score (nSPS) is 14.5. The molecule has 2 heterocycles. The van der Waals surface area contributed by atoms with Crippen LogP contribution in [0.15, 0.2) is 47.2 Å². The van der Waals surface area contributed by atoms with E-state index in [2.05, 4.69) is 24.0 Å². The highest BCUT2D eigenvalue weighted by Crippen LogP contribution is 2.38. The minimum Gasteiger partial charge on any atom is -0.423 e. The molecule has 6 heteroatoms. The number of nitrogens with zero attached hydrogens (tertiary/aromatic N) is 3. The minimum absolute atomic E-state index is 0.236. The lowest BCUT2D eigenvalue weighted by molar-refractivity contribution is 0.0925. The molecule has 1 aliphatic rings. The van der Waals surface area contributed by atoms with Crippen molar-refractivity contribution in [2.24, 2.45) is 0 Å². The average Bonchev–Trinajstić information content (AvgIpc) is 3.34. The van der Waals surface area contributed by atoms with Crippen LogP contribution in [0.1, 0.15) is 65.0 Å². The van der Waals surface area contributed by atoms with Gasteiger partial charge >= 0.3 is 0 Å². The zero-order valence-electron chi connectivity index (χ0n) is 16.1. The van der Waals surface area contributed by atoms with Gasteiger partial charge in [0, 0.05) is 5.56 Å². The van der Waals surface area contributed by atoms with Crippen LogP contribution in [0.3, 0.4) is 0 Å². The summed E-state index contributed by atoms with van der Waals surface area (Å²) in [5, 5.41) is 7.56. The van der Waals surface area contributed by atoms with Crippen LogP contribution >= 0.6 is 0 Å². The Morgan fingerprint density at radius 2 is 1.86 bits per heavy atom. The first-order valence-electron chi connectivity index (χ1n) is 9.47. The molecule has 2 amide bonds. The van der Waals surface area contributed by atoms with Gasteiger partial charge in [0.25, 0.3) is 11.8 Å². The molecule has 0 N–H and O–H groups in total. The molecule has 2 aromatic carbocycles. The van der Waals surface area contributed by atoms with E-state index in [1.165, 1.54) is 11.3 Å². The monoisotopic (exact) mass is 375 g/mol. The molecule has 0 spiro atoms. The van der Waals surface area contributed by atoms with Gasteiger partial charge in [0.05, 0.1) is 16.8 Å². The van der Waals surface area contributed by atoms with Crippen molar-refractivity contribution in [3.05, 3.63) is 65.0 Å². The number of rotatable bonds is 5. The number of para-hydroxylation sites is 1. The first-order valence-corrected chi connectivity index (χ1v) is 9.47. The molecule has 28 heavy (non-hydrogen) atoms. The molecular weight excluding hydrogens is 354 g/mol. The van der Waals surface area contributed by atoms with Gasteiger partial charge in [-0.1, -0.05) is 39.0 Å². The Morgan fingerprint density at radius 1 is 1.07 bits per heavy atom. The van der Waals surface area contributed by atoms with E-state index in [4.69, 9.17) is 4.42 Å². The Kier molecular flexibility index (Phi) is 4.55. The van der Waals surface area contributed by atoms with E-state index in [1.54, 1.807) is 18.2 Å². The summed E-state index contributed by atoms with van der Waals surface area (Å²) in [6.45, 7) is 6.25. The third kappa shape index (κ3) is 2.72. The Bertz CT molecular complexity index is 1060. The molecule has 0 radical (unpaired) electrons. The molecule has 6 nitrogen and oxygen atoms in total. The SMILES string of the molecule is CCc1cccc(C(C)CC)c1N1C(=O)c2ccc(-c3nnco3)cc2C1=O. The summed E-state index contributed by atoms with van der Waals surface area (Å²) in [6.07, 6.45) is 2.89. The third-order valence-corrected chi connectivity index (χ3v) is 5.39. The lowest BCUT2D eigenvalue weighted by atomic mass is 9.93. The van der Waals surface area contributed by atoms with Gasteiger partial charge in [0.1, 0.15) is 0 Å². The van der Waals surface area contributed by atoms with Crippen molar-refractivity contribution in [1.82, 2.24) is 10.2 Å². The van der Waals surface area contributed by atoms with Crippen molar-refractivity contribution in [2.75, 3.05) is 4.90 Å². The molecule has 0 saturated heterocycles. The summed E-state index contributed by atoms with van der Waals surface area (Å²) in [5.41, 5.74) is 4.11. The predicted molar refractivity (Wildman–Crippen MR) is 105 cm³/mol. The highest BCUT2D eigenvalue weighted by Gasteiger charge is 2.39. The summed E-state index contributed by atoms with van der Waals surface area (Å²) in [6, 6.07) is 11.0. The number of aryl methyl sites for hydroxylation is 1. The number of imide groups is 1. The van der Waals surface area contributed by atoms with E-state index in [-0.39, 0.29) is 17.7 Å². The van der Waals surface area contributed by atoms with Gasteiger partial charge in [-0.2, -0.15) is 0 Å². The summed E-state index contributed by atoms with van der Waals surface area (Å²) in [4.78, 5) is 27.8. The van der Waals surface area contributed by atoms with Gasteiger partial charge in [0.15, 0.2) is 0 Å². The van der Waals surface area contributed by atoms with Crippen LogP contribution < -0.4 is 4.90 Å². The van der Waals surface area contributed by atoms with Crippen LogP contribution in [0.4, 0.5) is 5.69 Å². The maximum Gasteiger partial charge on any atom is 0.266 e. The van der Waals surface area contributed by atoms with E-state index >= 15 is 0 Å². The Morgan fingerprint density at radius 3 is 2.54 bits per heavy atom. The number of fused-ring (bicyclic) bond motifs is 1. The first-order chi connectivity index (χ1) is 13.6. The molecule has 0 aliphatic carbocycles. The molecular formula is C22H21N3O3. The second-order valence-corrected chi connectivity index (χ2v) is 6.97. The highest BCUT2D eigenvalue weighted by molar-refractivity contribution is 6.35. The first kappa shape index (κ1) is 18.1. The molecule has 142 valence electrons. The smallest absolute Gasteiger partial charge is 0.266 e. The standard InChI is InChI=1S/C22H21N3O3/c1-4-13(3)16-8-6-7-14(5-2)19(16)25-21(26)17-10-9-15(11-18(17)22(25)27)20-24-23-12-28-20/h6-13H,4-5H2,1-3H3. The van der Waals surface area contributed by atoms with Crippen LogP contribution in [0.2, 0.25) is 0 Å². The van der Waals surface area contributed by atoms with Crippen molar-refractivity contribution in [2.45, 2.75) is 39.5 Å². The fraction of sp³-hybridized carbons (Fsp3) is 0.273. The van der Waals surface area contributed by atoms with Gasteiger partial charge in [-0.05, 0) is 48.1 Å². The molecule has 1 unspecified atom stereocenters. The molecule has 0 bridgehead atoms. The number of aromatic nitrogens is 2. The average molecular weight is 375 g/mol. The van der Waals surface area contributed by atoms with E-state index < -0.39 is 0 Å². The predicted octanol–water partition coefficient (Wildman–Crippen LogP) is 4.61. The molecule has 1 atom stereocenters. The summed E-state index contributed by atoms with van der Waals surface area (Å²) >= 11 is 0. The number of anilines is 1. The largest absolute Gasteiger partial charge is 0.423 e. The van der Waals surface area contributed by atoms with Crippen LogP contribution in [0, 0.1) is 0 Å². The quantitative estimate of drug-likeness (QED) is 0.609. The topological polar surface area (TPSA) is 76.3 Å². The third-order valence-electron chi connectivity index (χ3n) is 5.39. The fourth-order valence-electron chi connectivity index (χ4n) is 3.66. The van der Waals surface area contributed by atoms with Crippen LogP contribution in [-0.2, 0) is 6.42 Å². The van der Waals surface area contributed by atoms with Gasteiger partial charge in [0.2, 0.25) is 12.3 Å². The number of hydrogen-bond acceptors (Lipinski definition) is 5. The number of benzene rings is 2. The summed E-state index contributed by atoms with van der Waals surface area (Å²) in [7, 11) is 0. The number of carbonyl (C=O) groups excluding carboxylic acids is 2. The molecule has 1 aliphatic heterocycles. The van der Waals surface area contributed by atoms with Gasteiger partial charge in [-0.3, -0.25) is 9.59 Å². The van der Waals surface area contributed by atoms with Gasteiger partial charge < -0.3 is 4.42 Å². The lowest BCUT2D eigenvalue weighted by Crippen LogP contribution is -2.31. The van der Waals surface area contributed by atoms with E-state index in [1.807, 2.05) is 25.1 Å². The lowest BCUT2D eigenvalue weighted by Gasteiger charge is -2.24. The summed E-state index contributed by atoms with van der Waals surface area (Å²) in [5.74, 6) is -0.0510. The molecule has 0 fully saturated rings. The van der Waals surface area contributed by atoms with E-state index in [0.29, 0.717) is 22.6 Å². The van der Waals surface area contributed by atoms with Gasteiger partial charge in [-0.25, -0.2) is 4.90 Å². The maximum atomic E-state index is 13.3. The number of amides is 2. The minimum atomic E-state index is -0.313. The van der Waals surface area contributed by atoms with Crippen molar-refractivity contribution in [3.63, 3.8) is 0 Å².